The minimum Gasteiger partial charge on any atom is -0.465 e. The van der Waals surface area contributed by atoms with E-state index < -0.39 is 31.6 Å². The summed E-state index contributed by atoms with van der Waals surface area (Å²) in [7, 11) is -3.60. The SMILES string of the molecule is COC(=O)c1cc([N+](=O)[O-])cc(S(=O)(=O)O)c1. The second kappa shape index (κ2) is 4.47. The van der Waals surface area contributed by atoms with E-state index >= 15 is 0 Å². The fourth-order valence-corrected chi connectivity index (χ4v) is 1.62. The first-order valence-corrected chi connectivity index (χ1v) is 5.55. The van der Waals surface area contributed by atoms with Crippen molar-refractivity contribution in [2.75, 3.05) is 7.11 Å². The Balaban J connectivity index is 3.50. The third kappa shape index (κ3) is 2.98. The normalized spacial score (nSPS) is 10.9. The van der Waals surface area contributed by atoms with Gasteiger partial charge in [-0.2, -0.15) is 8.42 Å². The summed E-state index contributed by atoms with van der Waals surface area (Å²) in [6, 6.07) is 2.27. The fourth-order valence-electron chi connectivity index (χ4n) is 1.07. The van der Waals surface area contributed by atoms with Crippen LogP contribution in [0.3, 0.4) is 0 Å². The van der Waals surface area contributed by atoms with Crippen LogP contribution in [-0.2, 0) is 14.9 Å². The Hall–Kier alpha value is -2.00. The number of nitro groups is 1. The zero-order chi connectivity index (χ0) is 13.2. The molecule has 1 rings (SSSR count). The number of non-ortho nitro benzene ring substituents is 1. The minimum absolute atomic E-state index is 0.339. The van der Waals surface area contributed by atoms with Crippen molar-refractivity contribution in [3.05, 3.63) is 33.9 Å². The van der Waals surface area contributed by atoms with E-state index in [9.17, 15) is 23.3 Å². The van der Waals surface area contributed by atoms with Crippen LogP contribution in [0.2, 0.25) is 0 Å². The summed E-state index contributed by atoms with van der Waals surface area (Å²) in [5.41, 5.74) is -0.977. The quantitative estimate of drug-likeness (QED) is 0.366. The molecule has 0 aromatic heterocycles. The Morgan fingerprint density at radius 1 is 1.41 bits per heavy atom. The largest absolute Gasteiger partial charge is 0.465 e. The molecule has 0 saturated carbocycles. The molecule has 0 aliphatic rings. The van der Waals surface area contributed by atoms with E-state index in [2.05, 4.69) is 4.74 Å². The molecule has 0 fully saturated rings. The third-order valence-corrected chi connectivity index (χ3v) is 2.65. The van der Waals surface area contributed by atoms with Crippen LogP contribution in [0.1, 0.15) is 10.4 Å². The molecular formula is C8H7NO7S. The summed E-state index contributed by atoms with van der Waals surface area (Å²) in [6.45, 7) is 0. The molecule has 0 aliphatic carbocycles. The van der Waals surface area contributed by atoms with E-state index in [0.29, 0.717) is 6.07 Å². The summed E-state index contributed by atoms with van der Waals surface area (Å²) < 4.78 is 34.8. The van der Waals surface area contributed by atoms with E-state index in [1.54, 1.807) is 0 Å². The predicted octanol–water partition coefficient (Wildman–Crippen LogP) is 0.628. The zero-order valence-electron chi connectivity index (χ0n) is 8.48. The highest BCUT2D eigenvalue weighted by atomic mass is 32.2. The van der Waals surface area contributed by atoms with Gasteiger partial charge in [0.2, 0.25) is 0 Å². The van der Waals surface area contributed by atoms with Crippen molar-refractivity contribution >= 4 is 21.8 Å². The Labute approximate surface area is 95.7 Å². The number of esters is 1. The molecule has 0 heterocycles. The molecule has 0 unspecified atom stereocenters. The smallest absolute Gasteiger partial charge is 0.338 e. The maximum atomic E-state index is 11.1. The van der Waals surface area contributed by atoms with Crippen molar-refractivity contribution in [1.29, 1.82) is 0 Å². The lowest BCUT2D eigenvalue weighted by molar-refractivity contribution is -0.385. The van der Waals surface area contributed by atoms with Crippen molar-refractivity contribution < 1.29 is 27.4 Å². The van der Waals surface area contributed by atoms with Gasteiger partial charge in [0.05, 0.1) is 17.6 Å². The number of benzene rings is 1. The molecule has 8 nitrogen and oxygen atoms in total. The van der Waals surface area contributed by atoms with Gasteiger partial charge in [0.1, 0.15) is 4.90 Å². The average Bonchev–Trinajstić information content (AvgIpc) is 2.26. The van der Waals surface area contributed by atoms with Gasteiger partial charge in [0.25, 0.3) is 15.8 Å². The molecule has 92 valence electrons. The van der Waals surface area contributed by atoms with E-state index in [1.807, 2.05) is 0 Å². The second-order valence-electron chi connectivity index (χ2n) is 2.94. The summed E-state index contributed by atoms with van der Waals surface area (Å²) in [6.07, 6.45) is 0. The zero-order valence-corrected chi connectivity index (χ0v) is 9.30. The van der Waals surface area contributed by atoms with Gasteiger partial charge in [-0.3, -0.25) is 14.7 Å². The second-order valence-corrected chi connectivity index (χ2v) is 4.36. The molecule has 0 bridgehead atoms. The highest BCUT2D eigenvalue weighted by Crippen LogP contribution is 2.21. The molecule has 0 atom stereocenters. The summed E-state index contributed by atoms with van der Waals surface area (Å²) >= 11 is 0. The summed E-state index contributed by atoms with van der Waals surface area (Å²) in [5, 5.41) is 10.5. The number of methoxy groups -OCH3 is 1. The first-order chi connectivity index (χ1) is 7.75. The van der Waals surface area contributed by atoms with Crippen LogP contribution in [0.25, 0.3) is 0 Å². The minimum atomic E-state index is -4.64. The Kier molecular flexibility index (Phi) is 3.44. The molecule has 1 aromatic carbocycles. The van der Waals surface area contributed by atoms with Crippen molar-refractivity contribution in [3.8, 4) is 0 Å². The maximum absolute atomic E-state index is 11.1. The third-order valence-electron chi connectivity index (χ3n) is 1.82. The number of carbonyl (C=O) groups is 1. The number of nitrogens with zero attached hydrogens (tertiary/aromatic N) is 1. The highest BCUT2D eigenvalue weighted by Gasteiger charge is 2.20. The summed E-state index contributed by atoms with van der Waals surface area (Å²) in [4.78, 5) is 20.0. The predicted molar refractivity (Wildman–Crippen MR) is 54.3 cm³/mol. The molecule has 0 saturated heterocycles. The average molecular weight is 261 g/mol. The Bertz CT molecular complexity index is 578. The van der Waals surface area contributed by atoms with Crippen molar-refractivity contribution in [2.45, 2.75) is 4.90 Å². The lowest BCUT2D eigenvalue weighted by atomic mass is 10.2. The first kappa shape index (κ1) is 13.1. The highest BCUT2D eigenvalue weighted by molar-refractivity contribution is 7.85. The standard InChI is InChI=1S/C8H7NO7S/c1-16-8(10)5-2-6(9(11)12)4-7(3-5)17(13,14)15/h2-4H,1H3,(H,13,14,15). The van der Waals surface area contributed by atoms with Crippen molar-refractivity contribution in [3.63, 3.8) is 0 Å². The maximum Gasteiger partial charge on any atom is 0.338 e. The number of hydrogen-bond acceptors (Lipinski definition) is 6. The van der Waals surface area contributed by atoms with Gasteiger partial charge in [0.15, 0.2) is 0 Å². The van der Waals surface area contributed by atoms with Crippen LogP contribution in [-0.4, -0.2) is 31.0 Å². The molecule has 0 radical (unpaired) electrons. The fraction of sp³-hybridized carbons (Fsp3) is 0.125. The van der Waals surface area contributed by atoms with Gasteiger partial charge < -0.3 is 4.74 Å². The van der Waals surface area contributed by atoms with E-state index in [4.69, 9.17) is 4.55 Å². The number of nitro benzene ring substituents is 1. The number of rotatable bonds is 3. The molecule has 1 aromatic rings. The lowest BCUT2D eigenvalue weighted by Gasteiger charge is -2.02. The van der Waals surface area contributed by atoms with Gasteiger partial charge in [-0.05, 0) is 6.07 Å². The van der Waals surface area contributed by atoms with Crippen LogP contribution in [0.15, 0.2) is 23.1 Å². The van der Waals surface area contributed by atoms with Crippen molar-refractivity contribution in [2.24, 2.45) is 0 Å². The van der Waals surface area contributed by atoms with Gasteiger partial charge in [-0.15, -0.1) is 0 Å². The molecule has 0 spiro atoms. The van der Waals surface area contributed by atoms with Crippen LogP contribution in [0.4, 0.5) is 5.69 Å². The Morgan fingerprint density at radius 2 is 2.00 bits per heavy atom. The van der Waals surface area contributed by atoms with Crippen molar-refractivity contribution in [1.82, 2.24) is 0 Å². The van der Waals surface area contributed by atoms with Crippen LogP contribution < -0.4 is 0 Å². The number of hydrogen-bond donors (Lipinski definition) is 1. The van der Waals surface area contributed by atoms with Gasteiger partial charge in [-0.1, -0.05) is 0 Å². The van der Waals surface area contributed by atoms with Gasteiger partial charge >= 0.3 is 5.97 Å². The summed E-state index contributed by atoms with van der Waals surface area (Å²) in [5.74, 6) is -0.946. The molecule has 0 amide bonds. The van der Waals surface area contributed by atoms with Crippen LogP contribution in [0, 0.1) is 10.1 Å². The molecule has 9 heteroatoms. The van der Waals surface area contributed by atoms with Crippen LogP contribution in [0.5, 0.6) is 0 Å². The topological polar surface area (TPSA) is 124 Å². The monoisotopic (exact) mass is 261 g/mol. The number of ether oxygens (including phenoxy) is 1. The van der Waals surface area contributed by atoms with Gasteiger partial charge in [0, 0.05) is 12.1 Å². The van der Waals surface area contributed by atoms with E-state index in [-0.39, 0.29) is 5.56 Å². The Morgan fingerprint density at radius 3 is 2.41 bits per heavy atom. The van der Waals surface area contributed by atoms with E-state index in [1.165, 1.54) is 0 Å². The molecular weight excluding hydrogens is 254 g/mol. The van der Waals surface area contributed by atoms with Gasteiger partial charge in [-0.25, -0.2) is 4.79 Å². The lowest BCUT2D eigenvalue weighted by Crippen LogP contribution is -2.06. The molecule has 17 heavy (non-hydrogen) atoms. The number of carbonyl (C=O) groups excluding carboxylic acids is 1. The molecule has 1 N–H and O–H groups in total. The first-order valence-electron chi connectivity index (χ1n) is 4.11. The van der Waals surface area contributed by atoms with Crippen LogP contribution >= 0.6 is 0 Å². The molecule has 0 aliphatic heterocycles. The van der Waals surface area contributed by atoms with E-state index in [0.717, 1.165) is 19.2 Å².